The highest BCUT2D eigenvalue weighted by molar-refractivity contribution is 6.02. The Bertz CT molecular complexity index is 510. The third kappa shape index (κ3) is 1.15. The second-order valence-electron chi connectivity index (χ2n) is 2.77. The van der Waals surface area contributed by atoms with E-state index in [0.29, 0.717) is 11.0 Å². The van der Waals surface area contributed by atoms with Gasteiger partial charge in [-0.1, -0.05) is 0 Å². The predicted octanol–water partition coefficient (Wildman–Crippen LogP) is 0.910. The van der Waals surface area contributed by atoms with Crippen molar-refractivity contribution in [1.82, 2.24) is 9.97 Å². The van der Waals surface area contributed by atoms with Crippen molar-refractivity contribution < 1.29 is 9.90 Å². The van der Waals surface area contributed by atoms with Crippen molar-refractivity contribution in [3.05, 3.63) is 30.1 Å². The molecule has 70 valence electrons. The Hall–Kier alpha value is -2.17. The van der Waals surface area contributed by atoms with E-state index in [4.69, 9.17) is 10.8 Å². The lowest BCUT2D eigenvalue weighted by Crippen LogP contribution is -2.04. The maximum Gasteiger partial charge on any atom is 0.339 e. The molecule has 2 aromatic rings. The van der Waals surface area contributed by atoms with Gasteiger partial charge < -0.3 is 10.8 Å². The number of fused-ring (bicyclic) bond motifs is 1. The maximum atomic E-state index is 10.7. The van der Waals surface area contributed by atoms with Crippen molar-refractivity contribution in [1.29, 1.82) is 0 Å². The third-order valence-corrected chi connectivity index (χ3v) is 1.91. The molecule has 5 heteroatoms. The highest BCUT2D eigenvalue weighted by atomic mass is 16.4. The van der Waals surface area contributed by atoms with Gasteiger partial charge in [0.25, 0.3) is 0 Å². The lowest BCUT2D eigenvalue weighted by molar-refractivity contribution is 0.0698. The van der Waals surface area contributed by atoms with Gasteiger partial charge in [0.1, 0.15) is 5.56 Å². The number of aromatic carboxylic acids is 1. The summed E-state index contributed by atoms with van der Waals surface area (Å²) in [6, 6.07) is 3.38. The van der Waals surface area contributed by atoms with Crippen molar-refractivity contribution in [2.45, 2.75) is 0 Å². The molecule has 5 nitrogen and oxygen atoms in total. The molecule has 0 aliphatic rings. The van der Waals surface area contributed by atoms with Crippen molar-refractivity contribution >= 4 is 22.7 Å². The molecule has 0 spiro atoms. The smallest absolute Gasteiger partial charge is 0.339 e. The molecule has 0 amide bonds. The predicted molar refractivity (Wildman–Crippen MR) is 50.9 cm³/mol. The summed E-state index contributed by atoms with van der Waals surface area (Å²) >= 11 is 0. The molecule has 0 aliphatic heterocycles. The van der Waals surface area contributed by atoms with Gasteiger partial charge in [0.05, 0.1) is 5.69 Å². The fourth-order valence-corrected chi connectivity index (χ4v) is 1.22. The zero-order valence-electron chi connectivity index (χ0n) is 7.14. The number of nitrogens with zero attached hydrogens (tertiary/aromatic N) is 2. The minimum atomic E-state index is -1.08. The van der Waals surface area contributed by atoms with Crippen LogP contribution in [-0.2, 0) is 0 Å². The first-order valence-electron chi connectivity index (χ1n) is 3.92. The summed E-state index contributed by atoms with van der Waals surface area (Å²) in [6.07, 6.45) is 2.79. The van der Waals surface area contributed by atoms with Gasteiger partial charge in [-0.15, -0.1) is 0 Å². The molecule has 0 aliphatic carbocycles. The van der Waals surface area contributed by atoms with Crippen LogP contribution in [0.3, 0.4) is 0 Å². The van der Waals surface area contributed by atoms with E-state index in [1.807, 2.05) is 0 Å². The fourth-order valence-electron chi connectivity index (χ4n) is 1.22. The summed E-state index contributed by atoms with van der Waals surface area (Å²) in [5.74, 6) is -1.08. The van der Waals surface area contributed by atoms with Crippen molar-refractivity contribution in [2.75, 3.05) is 5.73 Å². The Morgan fingerprint density at radius 2 is 2.21 bits per heavy atom. The Labute approximate surface area is 79.2 Å². The van der Waals surface area contributed by atoms with Crippen molar-refractivity contribution in [3.63, 3.8) is 0 Å². The first-order valence-corrected chi connectivity index (χ1v) is 3.92. The number of nitrogen functional groups attached to an aromatic ring is 1. The molecular formula is C9H7N3O2. The number of carbonyl (C=O) groups is 1. The first kappa shape index (κ1) is 8.43. The number of nitrogens with two attached hydrogens (primary N) is 1. The highest BCUT2D eigenvalue weighted by Gasteiger charge is 2.11. The Morgan fingerprint density at radius 3 is 2.93 bits per heavy atom. The average molecular weight is 189 g/mol. The molecule has 0 saturated carbocycles. The van der Waals surface area contributed by atoms with E-state index in [1.54, 1.807) is 18.3 Å². The van der Waals surface area contributed by atoms with Gasteiger partial charge in [0.15, 0.2) is 5.65 Å². The van der Waals surface area contributed by atoms with E-state index >= 15 is 0 Å². The minimum Gasteiger partial charge on any atom is -0.478 e. The molecule has 0 radical (unpaired) electrons. The van der Waals surface area contributed by atoms with Crippen LogP contribution in [0.25, 0.3) is 11.0 Å². The molecular weight excluding hydrogens is 182 g/mol. The lowest BCUT2D eigenvalue weighted by Gasteiger charge is -2.02. The number of carboxylic acids is 1. The lowest BCUT2D eigenvalue weighted by atomic mass is 10.1. The monoisotopic (exact) mass is 189 g/mol. The Morgan fingerprint density at radius 1 is 1.43 bits per heavy atom. The highest BCUT2D eigenvalue weighted by Crippen LogP contribution is 2.20. The van der Waals surface area contributed by atoms with E-state index < -0.39 is 5.97 Å². The molecule has 0 unspecified atom stereocenters. The number of anilines is 1. The van der Waals surface area contributed by atoms with E-state index in [-0.39, 0.29) is 11.3 Å². The van der Waals surface area contributed by atoms with Gasteiger partial charge >= 0.3 is 5.97 Å². The largest absolute Gasteiger partial charge is 0.478 e. The van der Waals surface area contributed by atoms with Crippen LogP contribution in [0.1, 0.15) is 10.4 Å². The van der Waals surface area contributed by atoms with Crippen molar-refractivity contribution in [2.24, 2.45) is 0 Å². The molecule has 2 rings (SSSR count). The summed E-state index contributed by atoms with van der Waals surface area (Å²) in [7, 11) is 0. The minimum absolute atomic E-state index is 0.00509. The van der Waals surface area contributed by atoms with Gasteiger partial charge in [-0.05, 0) is 12.1 Å². The molecule has 0 bridgehead atoms. The maximum absolute atomic E-state index is 10.7. The van der Waals surface area contributed by atoms with E-state index in [9.17, 15) is 4.79 Å². The SMILES string of the molecule is Nc1c(C(=O)O)cnc2ncccc12. The third-order valence-electron chi connectivity index (χ3n) is 1.91. The van der Waals surface area contributed by atoms with Crippen LogP contribution in [0.2, 0.25) is 0 Å². The van der Waals surface area contributed by atoms with Crippen LogP contribution in [0.15, 0.2) is 24.5 Å². The van der Waals surface area contributed by atoms with Gasteiger partial charge in [0, 0.05) is 17.8 Å². The van der Waals surface area contributed by atoms with E-state index in [0.717, 1.165) is 0 Å². The molecule has 14 heavy (non-hydrogen) atoms. The van der Waals surface area contributed by atoms with Crippen molar-refractivity contribution in [3.8, 4) is 0 Å². The first-order chi connectivity index (χ1) is 6.70. The van der Waals surface area contributed by atoms with Gasteiger partial charge in [0.2, 0.25) is 0 Å². The van der Waals surface area contributed by atoms with Crippen LogP contribution in [0, 0.1) is 0 Å². The molecule has 0 atom stereocenters. The summed E-state index contributed by atoms with van der Waals surface area (Å²) in [5.41, 5.74) is 6.32. The molecule has 0 saturated heterocycles. The quantitative estimate of drug-likeness (QED) is 0.695. The summed E-state index contributed by atoms with van der Waals surface area (Å²) in [4.78, 5) is 18.6. The average Bonchev–Trinajstić information content (AvgIpc) is 2.18. The van der Waals surface area contributed by atoms with Crippen LogP contribution in [0.5, 0.6) is 0 Å². The normalized spacial score (nSPS) is 10.3. The molecule has 2 heterocycles. The summed E-state index contributed by atoms with van der Waals surface area (Å²) in [5, 5.41) is 9.35. The van der Waals surface area contributed by atoms with Crippen LogP contribution >= 0.6 is 0 Å². The van der Waals surface area contributed by atoms with Crippen LogP contribution < -0.4 is 5.73 Å². The van der Waals surface area contributed by atoms with E-state index in [2.05, 4.69) is 9.97 Å². The Balaban J connectivity index is 2.81. The van der Waals surface area contributed by atoms with Gasteiger partial charge in [-0.25, -0.2) is 14.8 Å². The van der Waals surface area contributed by atoms with Gasteiger partial charge in [-0.2, -0.15) is 0 Å². The number of rotatable bonds is 1. The Kier molecular flexibility index (Phi) is 1.78. The molecule has 2 aromatic heterocycles. The molecule has 3 N–H and O–H groups in total. The molecule has 0 aromatic carbocycles. The van der Waals surface area contributed by atoms with Crippen LogP contribution in [0.4, 0.5) is 5.69 Å². The number of aromatic nitrogens is 2. The summed E-state index contributed by atoms with van der Waals surface area (Å²) in [6.45, 7) is 0. The fraction of sp³-hybridized carbons (Fsp3) is 0. The number of carboxylic acid groups (broad SMARTS) is 1. The zero-order chi connectivity index (χ0) is 10.1. The number of hydrogen-bond acceptors (Lipinski definition) is 4. The standard InChI is InChI=1S/C9H7N3O2/c10-7-5-2-1-3-11-8(5)12-4-6(7)9(13)14/h1-4H,(H,13,14)(H2,10,11,12). The van der Waals surface area contributed by atoms with Gasteiger partial charge in [-0.3, -0.25) is 0 Å². The number of hydrogen-bond donors (Lipinski definition) is 2. The van der Waals surface area contributed by atoms with Crippen LogP contribution in [-0.4, -0.2) is 21.0 Å². The second-order valence-corrected chi connectivity index (χ2v) is 2.77. The van der Waals surface area contributed by atoms with E-state index in [1.165, 1.54) is 6.20 Å². The zero-order valence-corrected chi connectivity index (χ0v) is 7.14. The topological polar surface area (TPSA) is 89.1 Å². The summed E-state index contributed by atoms with van der Waals surface area (Å²) < 4.78 is 0. The molecule has 0 fully saturated rings. The second kappa shape index (κ2) is 2.95. The number of pyridine rings is 2.